The van der Waals surface area contributed by atoms with Gasteiger partial charge in [0.1, 0.15) is 0 Å². The largest absolute Gasteiger partial charge is 0.481 e. The SMILES string of the molecule is COc1cc(CC#N)c(-c2cccc(Cl)c2Cl)cn1. The highest BCUT2D eigenvalue weighted by atomic mass is 35.5. The molecule has 96 valence electrons. The third-order valence-electron chi connectivity index (χ3n) is 2.68. The summed E-state index contributed by atoms with van der Waals surface area (Å²) in [6.07, 6.45) is 1.89. The minimum absolute atomic E-state index is 0.247. The first kappa shape index (κ1) is 13.7. The van der Waals surface area contributed by atoms with Gasteiger partial charge in [-0.1, -0.05) is 35.3 Å². The number of nitrogens with zero attached hydrogens (tertiary/aromatic N) is 2. The van der Waals surface area contributed by atoms with Crippen LogP contribution in [-0.2, 0) is 6.42 Å². The zero-order chi connectivity index (χ0) is 13.8. The van der Waals surface area contributed by atoms with E-state index in [1.54, 1.807) is 18.3 Å². The number of benzene rings is 1. The Morgan fingerprint density at radius 3 is 2.79 bits per heavy atom. The first-order chi connectivity index (χ1) is 9.17. The maximum Gasteiger partial charge on any atom is 0.213 e. The van der Waals surface area contributed by atoms with Crippen LogP contribution < -0.4 is 4.74 Å². The van der Waals surface area contributed by atoms with E-state index in [1.807, 2.05) is 12.1 Å². The van der Waals surface area contributed by atoms with Gasteiger partial charge in [0.2, 0.25) is 5.88 Å². The summed E-state index contributed by atoms with van der Waals surface area (Å²) in [6, 6.07) is 9.22. The van der Waals surface area contributed by atoms with Crippen molar-refractivity contribution >= 4 is 23.2 Å². The second-order valence-electron chi connectivity index (χ2n) is 3.82. The Bertz CT molecular complexity index is 650. The van der Waals surface area contributed by atoms with E-state index in [4.69, 9.17) is 33.2 Å². The minimum Gasteiger partial charge on any atom is -0.481 e. The van der Waals surface area contributed by atoms with Gasteiger partial charge >= 0.3 is 0 Å². The zero-order valence-corrected chi connectivity index (χ0v) is 11.7. The number of nitriles is 1. The summed E-state index contributed by atoms with van der Waals surface area (Å²) in [4.78, 5) is 4.15. The van der Waals surface area contributed by atoms with Crippen molar-refractivity contribution in [2.75, 3.05) is 7.11 Å². The summed E-state index contributed by atoms with van der Waals surface area (Å²) in [5.74, 6) is 0.465. The van der Waals surface area contributed by atoms with Gasteiger partial charge in [-0.3, -0.25) is 0 Å². The van der Waals surface area contributed by atoms with Gasteiger partial charge in [-0.15, -0.1) is 0 Å². The Labute approximate surface area is 121 Å². The van der Waals surface area contributed by atoms with Crippen LogP contribution in [0.4, 0.5) is 0 Å². The van der Waals surface area contributed by atoms with Gasteiger partial charge in [-0.05, 0) is 11.6 Å². The lowest BCUT2D eigenvalue weighted by Gasteiger charge is -2.10. The number of ether oxygens (including phenoxy) is 1. The molecule has 0 saturated carbocycles. The van der Waals surface area contributed by atoms with Crippen molar-refractivity contribution in [3.05, 3.63) is 46.1 Å². The highest BCUT2D eigenvalue weighted by molar-refractivity contribution is 6.43. The normalized spacial score (nSPS) is 10.0. The molecule has 0 bridgehead atoms. The van der Waals surface area contributed by atoms with Crippen molar-refractivity contribution in [3.63, 3.8) is 0 Å². The molecular weight excluding hydrogens is 283 g/mol. The number of hydrogen-bond donors (Lipinski definition) is 0. The molecule has 3 nitrogen and oxygen atoms in total. The first-order valence-electron chi connectivity index (χ1n) is 5.51. The van der Waals surface area contributed by atoms with E-state index in [1.165, 1.54) is 7.11 Å². The van der Waals surface area contributed by atoms with Crippen molar-refractivity contribution < 1.29 is 4.74 Å². The van der Waals surface area contributed by atoms with E-state index in [9.17, 15) is 0 Å². The fraction of sp³-hybridized carbons (Fsp3) is 0.143. The fourth-order valence-corrected chi connectivity index (χ4v) is 2.17. The standard InChI is InChI=1S/C14H10Cl2N2O/c1-19-13-7-9(5-6-17)11(8-18-13)10-3-2-4-12(15)14(10)16/h2-4,7-8H,5H2,1H3. The van der Waals surface area contributed by atoms with Crippen LogP contribution in [0.3, 0.4) is 0 Å². The molecule has 0 aliphatic rings. The molecule has 1 aromatic carbocycles. The van der Waals surface area contributed by atoms with Gasteiger partial charge in [0, 0.05) is 23.4 Å². The molecule has 2 rings (SSSR count). The third-order valence-corrected chi connectivity index (χ3v) is 3.50. The molecule has 5 heteroatoms. The maximum atomic E-state index is 8.91. The van der Waals surface area contributed by atoms with Crippen molar-refractivity contribution in [1.82, 2.24) is 4.98 Å². The lowest BCUT2D eigenvalue weighted by atomic mass is 10.0. The molecule has 1 aromatic heterocycles. The number of hydrogen-bond acceptors (Lipinski definition) is 3. The summed E-state index contributed by atoms with van der Waals surface area (Å²) < 4.78 is 5.07. The van der Waals surface area contributed by atoms with Crippen LogP contribution in [0.25, 0.3) is 11.1 Å². The first-order valence-corrected chi connectivity index (χ1v) is 6.27. The molecule has 0 atom stereocenters. The third kappa shape index (κ3) is 2.81. The summed E-state index contributed by atoms with van der Waals surface area (Å²) in [5.41, 5.74) is 2.35. The van der Waals surface area contributed by atoms with Crippen LogP contribution >= 0.6 is 23.2 Å². The number of aromatic nitrogens is 1. The van der Waals surface area contributed by atoms with Crippen LogP contribution in [0.1, 0.15) is 5.56 Å². The Balaban J connectivity index is 2.61. The molecule has 0 radical (unpaired) electrons. The molecule has 0 fully saturated rings. The van der Waals surface area contributed by atoms with Gasteiger partial charge in [0.25, 0.3) is 0 Å². The molecule has 0 unspecified atom stereocenters. The topological polar surface area (TPSA) is 45.9 Å². The molecule has 0 aliphatic carbocycles. The quantitative estimate of drug-likeness (QED) is 0.854. The van der Waals surface area contributed by atoms with E-state index in [0.717, 1.165) is 16.7 Å². The number of rotatable bonds is 3. The molecule has 1 heterocycles. The predicted molar refractivity (Wildman–Crippen MR) is 75.6 cm³/mol. The van der Waals surface area contributed by atoms with Gasteiger partial charge in [-0.2, -0.15) is 5.26 Å². The van der Waals surface area contributed by atoms with Crippen LogP contribution in [0.15, 0.2) is 30.5 Å². The number of pyridine rings is 1. The van der Waals surface area contributed by atoms with Crippen molar-refractivity contribution in [2.45, 2.75) is 6.42 Å². The van der Waals surface area contributed by atoms with Gasteiger partial charge in [0.15, 0.2) is 0 Å². The highest BCUT2D eigenvalue weighted by Crippen LogP contribution is 2.35. The van der Waals surface area contributed by atoms with Crippen molar-refractivity contribution in [1.29, 1.82) is 5.26 Å². The summed E-state index contributed by atoms with van der Waals surface area (Å²) in [6.45, 7) is 0. The predicted octanol–water partition coefficient (Wildman–Crippen LogP) is 4.13. The van der Waals surface area contributed by atoms with Gasteiger partial charge in [-0.25, -0.2) is 4.98 Å². The Kier molecular flexibility index (Phi) is 4.26. The summed E-state index contributed by atoms with van der Waals surface area (Å²) in [5, 5.41) is 9.83. The van der Waals surface area contributed by atoms with Crippen LogP contribution in [-0.4, -0.2) is 12.1 Å². The Hall–Kier alpha value is -1.76. The van der Waals surface area contributed by atoms with Gasteiger partial charge in [0.05, 0.1) is 29.6 Å². The van der Waals surface area contributed by atoms with Crippen LogP contribution in [0.2, 0.25) is 10.0 Å². The minimum atomic E-state index is 0.247. The number of halogens is 2. The highest BCUT2D eigenvalue weighted by Gasteiger charge is 2.12. The number of methoxy groups -OCH3 is 1. The van der Waals surface area contributed by atoms with Gasteiger partial charge < -0.3 is 4.74 Å². The average Bonchev–Trinajstić information content (AvgIpc) is 2.42. The molecule has 0 N–H and O–H groups in total. The molecule has 2 aromatic rings. The van der Waals surface area contributed by atoms with E-state index in [-0.39, 0.29) is 6.42 Å². The Morgan fingerprint density at radius 2 is 2.11 bits per heavy atom. The van der Waals surface area contributed by atoms with Crippen LogP contribution in [0, 0.1) is 11.3 Å². The van der Waals surface area contributed by atoms with E-state index >= 15 is 0 Å². The fourth-order valence-electron chi connectivity index (χ4n) is 1.77. The van der Waals surface area contributed by atoms with E-state index in [2.05, 4.69) is 11.1 Å². The zero-order valence-electron chi connectivity index (χ0n) is 10.2. The summed E-state index contributed by atoms with van der Waals surface area (Å²) >= 11 is 12.2. The molecule has 0 spiro atoms. The lowest BCUT2D eigenvalue weighted by Crippen LogP contribution is -1.95. The van der Waals surface area contributed by atoms with E-state index < -0.39 is 0 Å². The van der Waals surface area contributed by atoms with E-state index in [0.29, 0.717) is 15.9 Å². The monoisotopic (exact) mass is 292 g/mol. The molecule has 0 amide bonds. The molecular formula is C14H10Cl2N2O. The smallest absolute Gasteiger partial charge is 0.213 e. The molecule has 19 heavy (non-hydrogen) atoms. The lowest BCUT2D eigenvalue weighted by molar-refractivity contribution is 0.397. The second kappa shape index (κ2) is 5.92. The molecule has 0 aliphatic heterocycles. The van der Waals surface area contributed by atoms with Crippen molar-refractivity contribution in [2.24, 2.45) is 0 Å². The Morgan fingerprint density at radius 1 is 1.32 bits per heavy atom. The summed E-state index contributed by atoms with van der Waals surface area (Å²) in [7, 11) is 1.53. The second-order valence-corrected chi connectivity index (χ2v) is 4.61. The average molecular weight is 293 g/mol. The maximum absolute atomic E-state index is 8.91. The van der Waals surface area contributed by atoms with Crippen molar-refractivity contribution in [3.8, 4) is 23.1 Å². The molecule has 0 saturated heterocycles. The van der Waals surface area contributed by atoms with Crippen LogP contribution in [0.5, 0.6) is 5.88 Å².